The molecule has 146 valence electrons. The maximum absolute atomic E-state index is 12.8. The Hall–Kier alpha value is -2.49. The zero-order valence-corrected chi connectivity index (χ0v) is 17.2. The van der Waals surface area contributed by atoms with Crippen molar-refractivity contribution >= 4 is 17.5 Å². The number of nitrogens with one attached hydrogen (secondary N) is 1. The highest BCUT2D eigenvalue weighted by Gasteiger charge is 2.23. The number of hydrogen-bond acceptors (Lipinski definition) is 3. The number of carbonyl (C=O) groups is 1. The van der Waals surface area contributed by atoms with Gasteiger partial charge in [-0.15, -0.1) is 0 Å². The average molecular weight is 369 g/mol. The summed E-state index contributed by atoms with van der Waals surface area (Å²) in [6.45, 7) is 11.5. The van der Waals surface area contributed by atoms with Crippen molar-refractivity contribution in [3.8, 4) is 0 Å². The fourth-order valence-corrected chi connectivity index (χ4v) is 2.63. The Balaban J connectivity index is 2.20. The first-order valence-electron chi connectivity index (χ1n) is 9.63. The van der Waals surface area contributed by atoms with Crippen LogP contribution in [-0.4, -0.2) is 24.8 Å². The van der Waals surface area contributed by atoms with Crippen LogP contribution in [0.2, 0.25) is 0 Å². The molecule has 2 aromatic rings. The van der Waals surface area contributed by atoms with Gasteiger partial charge < -0.3 is 10.1 Å². The van der Waals surface area contributed by atoms with Crippen LogP contribution in [0, 0.1) is 5.92 Å². The summed E-state index contributed by atoms with van der Waals surface area (Å²) in [6, 6.07) is 18.1. The molecule has 27 heavy (non-hydrogen) atoms. The molecule has 1 N–H and O–H groups in total. The molecule has 0 unspecified atom stereocenters. The largest absolute Gasteiger partial charge is 0.443 e. The lowest BCUT2D eigenvalue weighted by molar-refractivity contribution is 0.0581. The van der Waals surface area contributed by atoms with Crippen LogP contribution in [0.15, 0.2) is 54.6 Å². The second-order valence-electron chi connectivity index (χ2n) is 8.19. The molecule has 0 aliphatic rings. The number of benzene rings is 2. The Morgan fingerprint density at radius 2 is 1.78 bits per heavy atom. The maximum atomic E-state index is 12.8. The number of anilines is 2. The molecule has 2 rings (SSSR count). The van der Waals surface area contributed by atoms with Crippen LogP contribution in [0.3, 0.4) is 0 Å². The molecule has 0 aromatic heterocycles. The summed E-state index contributed by atoms with van der Waals surface area (Å²) in [4.78, 5) is 14.6. The first-order valence-corrected chi connectivity index (χ1v) is 9.63. The summed E-state index contributed by atoms with van der Waals surface area (Å²) in [5, 5.41) is 3.42. The van der Waals surface area contributed by atoms with Crippen molar-refractivity contribution in [2.45, 2.75) is 46.6 Å². The van der Waals surface area contributed by atoms with Gasteiger partial charge in [0.1, 0.15) is 5.60 Å². The van der Waals surface area contributed by atoms with Crippen molar-refractivity contribution in [1.29, 1.82) is 0 Å². The van der Waals surface area contributed by atoms with Gasteiger partial charge in [0.15, 0.2) is 0 Å². The molecular formula is C23H32N2O2. The molecule has 1 amide bonds. The zero-order chi connectivity index (χ0) is 19.9. The van der Waals surface area contributed by atoms with Gasteiger partial charge in [-0.3, -0.25) is 4.90 Å². The lowest BCUT2D eigenvalue weighted by Crippen LogP contribution is -2.38. The molecule has 0 radical (unpaired) electrons. The van der Waals surface area contributed by atoms with Gasteiger partial charge in [-0.2, -0.15) is 0 Å². The third-order valence-electron chi connectivity index (χ3n) is 3.95. The van der Waals surface area contributed by atoms with Crippen LogP contribution in [-0.2, 0) is 11.2 Å². The van der Waals surface area contributed by atoms with Crippen LogP contribution in [0.1, 0.15) is 40.2 Å². The highest BCUT2D eigenvalue weighted by Crippen LogP contribution is 2.23. The van der Waals surface area contributed by atoms with E-state index in [0.717, 1.165) is 24.3 Å². The third-order valence-corrected chi connectivity index (χ3v) is 3.95. The van der Waals surface area contributed by atoms with Gasteiger partial charge >= 0.3 is 6.09 Å². The first kappa shape index (κ1) is 20.8. The number of carbonyl (C=O) groups excluding carboxylic acids is 1. The van der Waals surface area contributed by atoms with Crippen LogP contribution in [0.5, 0.6) is 0 Å². The normalized spacial score (nSPS) is 11.3. The van der Waals surface area contributed by atoms with Crippen LogP contribution >= 0.6 is 0 Å². The van der Waals surface area contributed by atoms with Gasteiger partial charge in [-0.25, -0.2) is 4.79 Å². The molecule has 4 nitrogen and oxygen atoms in total. The second kappa shape index (κ2) is 9.45. The van der Waals surface area contributed by atoms with E-state index in [2.05, 4.69) is 31.3 Å². The molecular weight excluding hydrogens is 336 g/mol. The third kappa shape index (κ3) is 7.33. The van der Waals surface area contributed by atoms with Crippen LogP contribution < -0.4 is 10.2 Å². The minimum Gasteiger partial charge on any atom is -0.443 e. The van der Waals surface area contributed by atoms with E-state index in [1.807, 2.05) is 63.2 Å². The van der Waals surface area contributed by atoms with Crippen molar-refractivity contribution in [3.05, 3.63) is 60.2 Å². The molecule has 4 heteroatoms. The van der Waals surface area contributed by atoms with Crippen molar-refractivity contribution in [2.24, 2.45) is 5.92 Å². The van der Waals surface area contributed by atoms with Crippen molar-refractivity contribution in [3.63, 3.8) is 0 Å². The van der Waals surface area contributed by atoms with E-state index < -0.39 is 5.60 Å². The van der Waals surface area contributed by atoms with Gasteiger partial charge in [-0.05, 0) is 56.9 Å². The molecule has 0 aliphatic carbocycles. The van der Waals surface area contributed by atoms with Crippen molar-refractivity contribution in [2.75, 3.05) is 23.3 Å². The zero-order valence-electron chi connectivity index (χ0n) is 17.2. The molecule has 0 atom stereocenters. The summed E-state index contributed by atoms with van der Waals surface area (Å²) in [6.07, 6.45) is 0.448. The SMILES string of the molecule is CC(C)CNc1cccc(N(CCc2ccccc2)C(=O)OC(C)(C)C)c1. The minimum absolute atomic E-state index is 0.320. The maximum Gasteiger partial charge on any atom is 0.414 e. The number of amides is 1. The van der Waals surface area contributed by atoms with Gasteiger partial charge in [0.05, 0.1) is 0 Å². The van der Waals surface area contributed by atoms with E-state index in [-0.39, 0.29) is 6.09 Å². The molecule has 2 aromatic carbocycles. The van der Waals surface area contributed by atoms with Crippen LogP contribution in [0.25, 0.3) is 0 Å². The Kier molecular flexibility index (Phi) is 7.28. The smallest absolute Gasteiger partial charge is 0.414 e. The number of ether oxygens (including phenoxy) is 1. The molecule has 0 aliphatic heterocycles. The Labute approximate surface area is 163 Å². The van der Waals surface area contributed by atoms with Crippen molar-refractivity contribution in [1.82, 2.24) is 0 Å². The van der Waals surface area contributed by atoms with E-state index in [4.69, 9.17) is 4.74 Å². The molecule has 0 spiro atoms. The van der Waals surface area contributed by atoms with Crippen molar-refractivity contribution < 1.29 is 9.53 Å². The van der Waals surface area contributed by atoms with E-state index in [1.165, 1.54) is 5.56 Å². The number of nitrogens with zero attached hydrogens (tertiary/aromatic N) is 1. The Morgan fingerprint density at radius 3 is 2.41 bits per heavy atom. The van der Waals surface area contributed by atoms with E-state index in [0.29, 0.717) is 12.5 Å². The quantitative estimate of drug-likeness (QED) is 0.677. The summed E-state index contributed by atoms with van der Waals surface area (Å²) in [5.74, 6) is 0.550. The lowest BCUT2D eigenvalue weighted by Gasteiger charge is -2.28. The molecule has 0 heterocycles. The second-order valence-corrected chi connectivity index (χ2v) is 8.19. The monoisotopic (exact) mass is 368 g/mol. The van der Waals surface area contributed by atoms with Gasteiger partial charge in [0.2, 0.25) is 0 Å². The fraction of sp³-hybridized carbons (Fsp3) is 0.435. The highest BCUT2D eigenvalue weighted by molar-refractivity contribution is 5.88. The average Bonchev–Trinajstić information content (AvgIpc) is 2.60. The first-order chi connectivity index (χ1) is 12.7. The van der Waals surface area contributed by atoms with Gasteiger partial charge in [-0.1, -0.05) is 50.2 Å². The molecule has 0 saturated heterocycles. The fourth-order valence-electron chi connectivity index (χ4n) is 2.63. The predicted octanol–water partition coefficient (Wildman–Crippen LogP) is 5.74. The van der Waals surface area contributed by atoms with E-state index >= 15 is 0 Å². The summed E-state index contributed by atoms with van der Waals surface area (Å²) in [7, 11) is 0. The summed E-state index contributed by atoms with van der Waals surface area (Å²) < 4.78 is 5.65. The topological polar surface area (TPSA) is 41.6 Å². The highest BCUT2D eigenvalue weighted by atomic mass is 16.6. The number of rotatable bonds is 7. The predicted molar refractivity (Wildman–Crippen MR) is 113 cm³/mol. The van der Waals surface area contributed by atoms with Crippen LogP contribution in [0.4, 0.5) is 16.2 Å². The Morgan fingerprint density at radius 1 is 1.07 bits per heavy atom. The molecule has 0 fully saturated rings. The molecule has 0 bridgehead atoms. The number of hydrogen-bond donors (Lipinski definition) is 1. The van der Waals surface area contributed by atoms with Gasteiger partial charge in [0, 0.05) is 24.5 Å². The lowest BCUT2D eigenvalue weighted by atomic mass is 10.1. The standard InChI is InChI=1S/C23H32N2O2/c1-18(2)17-24-20-12-9-13-21(16-20)25(22(26)27-23(3,4)5)15-14-19-10-7-6-8-11-19/h6-13,16,18,24H,14-15,17H2,1-5H3. The summed E-state index contributed by atoms with van der Waals surface area (Å²) >= 11 is 0. The molecule has 0 saturated carbocycles. The minimum atomic E-state index is -0.532. The summed E-state index contributed by atoms with van der Waals surface area (Å²) in [5.41, 5.74) is 2.51. The Bertz CT molecular complexity index is 721. The van der Waals surface area contributed by atoms with E-state index in [1.54, 1.807) is 4.90 Å². The van der Waals surface area contributed by atoms with Gasteiger partial charge in [0.25, 0.3) is 0 Å². The van der Waals surface area contributed by atoms with E-state index in [9.17, 15) is 4.79 Å².